The number of halogens is 2. The molecular formula is C5H2BrFOS. The van der Waals surface area contributed by atoms with Crippen molar-refractivity contribution in [1.29, 1.82) is 0 Å². The predicted octanol–water partition coefficient (Wildman–Crippen LogP) is 2.46. The molecule has 48 valence electrons. The molecule has 1 heterocycles. The molecule has 0 unspecified atom stereocenters. The highest BCUT2D eigenvalue weighted by Gasteiger charge is 2.03. The summed E-state index contributed by atoms with van der Waals surface area (Å²) in [4.78, 5) is 10.5. The molecule has 0 saturated carbocycles. The second-order valence-electron chi connectivity index (χ2n) is 1.38. The summed E-state index contributed by atoms with van der Waals surface area (Å²) >= 11 is 3.85. The van der Waals surface area contributed by atoms with Gasteiger partial charge in [0.1, 0.15) is 0 Å². The van der Waals surface area contributed by atoms with E-state index in [1.54, 1.807) is 0 Å². The van der Waals surface area contributed by atoms with E-state index in [-0.39, 0.29) is 5.13 Å². The Morgan fingerprint density at radius 3 is 2.67 bits per heavy atom. The number of hydrogen-bond acceptors (Lipinski definition) is 2. The fourth-order valence-corrected chi connectivity index (χ4v) is 1.71. The largest absolute Gasteiger partial charge is 0.297 e. The molecule has 0 amide bonds. The zero-order chi connectivity index (χ0) is 6.85. The van der Waals surface area contributed by atoms with Gasteiger partial charge in [-0.1, -0.05) is 0 Å². The van der Waals surface area contributed by atoms with Crippen LogP contribution >= 0.6 is 27.3 Å². The van der Waals surface area contributed by atoms with Crippen molar-refractivity contribution in [3.8, 4) is 0 Å². The van der Waals surface area contributed by atoms with E-state index in [1.165, 1.54) is 6.07 Å². The molecule has 0 aliphatic carbocycles. The molecule has 4 heteroatoms. The first-order valence-electron chi connectivity index (χ1n) is 2.14. The Morgan fingerprint density at radius 2 is 2.44 bits per heavy atom. The summed E-state index contributed by atoms with van der Waals surface area (Å²) in [6, 6.07) is 1.27. The quantitative estimate of drug-likeness (QED) is 0.649. The third kappa shape index (κ3) is 1.37. The van der Waals surface area contributed by atoms with Crippen LogP contribution in [0.15, 0.2) is 10.5 Å². The Bertz CT molecular complexity index is 233. The van der Waals surface area contributed by atoms with E-state index in [1.807, 2.05) is 0 Å². The van der Waals surface area contributed by atoms with Gasteiger partial charge >= 0.3 is 0 Å². The maximum Gasteiger partial charge on any atom is 0.178 e. The number of carbonyl (C=O) groups is 1. The van der Waals surface area contributed by atoms with Crippen LogP contribution in [0.3, 0.4) is 0 Å². The van der Waals surface area contributed by atoms with E-state index in [4.69, 9.17) is 0 Å². The van der Waals surface area contributed by atoms with E-state index in [0.29, 0.717) is 15.6 Å². The molecule has 0 aliphatic heterocycles. The molecule has 0 fully saturated rings. The van der Waals surface area contributed by atoms with Crippen LogP contribution in [0.2, 0.25) is 0 Å². The van der Waals surface area contributed by atoms with Crippen molar-refractivity contribution in [1.82, 2.24) is 0 Å². The lowest BCUT2D eigenvalue weighted by atomic mass is 10.5. The number of rotatable bonds is 1. The number of thiophene rings is 1. The SMILES string of the molecule is O=Cc1sc(F)cc1Br. The molecule has 0 aromatic carbocycles. The Kier molecular flexibility index (Phi) is 1.97. The van der Waals surface area contributed by atoms with Crippen molar-refractivity contribution in [3.05, 3.63) is 20.5 Å². The van der Waals surface area contributed by atoms with Gasteiger partial charge in [-0.15, -0.1) is 11.3 Å². The number of carbonyl (C=O) groups excluding carboxylic acids is 1. The standard InChI is InChI=1S/C5H2BrFOS/c6-3-1-5(7)9-4(3)2-8/h1-2H. The summed E-state index contributed by atoms with van der Waals surface area (Å²) < 4.78 is 12.7. The molecule has 1 aromatic rings. The minimum atomic E-state index is -0.344. The lowest BCUT2D eigenvalue weighted by molar-refractivity contribution is 0.112. The van der Waals surface area contributed by atoms with Crippen molar-refractivity contribution >= 4 is 33.6 Å². The molecule has 0 N–H and O–H groups in total. The minimum absolute atomic E-state index is 0.344. The maximum atomic E-state index is 12.2. The van der Waals surface area contributed by atoms with Crippen LogP contribution in [0.4, 0.5) is 4.39 Å². The molecule has 0 aliphatic rings. The van der Waals surface area contributed by atoms with Gasteiger partial charge in [0, 0.05) is 10.5 Å². The van der Waals surface area contributed by atoms with Crippen molar-refractivity contribution in [3.63, 3.8) is 0 Å². The van der Waals surface area contributed by atoms with E-state index in [0.717, 1.165) is 11.3 Å². The molecule has 0 spiro atoms. The van der Waals surface area contributed by atoms with Crippen molar-refractivity contribution < 1.29 is 9.18 Å². The lowest BCUT2D eigenvalue weighted by Gasteiger charge is -1.76. The molecule has 0 radical (unpaired) electrons. The van der Waals surface area contributed by atoms with E-state index >= 15 is 0 Å². The average Bonchev–Trinajstić information content (AvgIpc) is 2.10. The lowest BCUT2D eigenvalue weighted by Crippen LogP contribution is -1.66. The topological polar surface area (TPSA) is 17.1 Å². The van der Waals surface area contributed by atoms with Crippen LogP contribution in [-0.2, 0) is 0 Å². The Balaban J connectivity index is 3.15. The van der Waals surface area contributed by atoms with E-state index < -0.39 is 0 Å². The molecule has 1 aromatic heterocycles. The zero-order valence-electron chi connectivity index (χ0n) is 4.23. The highest BCUT2D eigenvalue weighted by atomic mass is 79.9. The normalized spacial score (nSPS) is 9.56. The van der Waals surface area contributed by atoms with Crippen molar-refractivity contribution in [2.24, 2.45) is 0 Å². The van der Waals surface area contributed by atoms with Crippen LogP contribution in [0.5, 0.6) is 0 Å². The summed E-state index contributed by atoms with van der Waals surface area (Å²) in [5.41, 5.74) is 0. The Hall–Kier alpha value is -0.220. The van der Waals surface area contributed by atoms with Gasteiger partial charge in [0.2, 0.25) is 0 Å². The fourth-order valence-electron chi connectivity index (χ4n) is 0.434. The average molecular weight is 209 g/mol. The first kappa shape index (κ1) is 6.89. The van der Waals surface area contributed by atoms with Crippen LogP contribution in [0, 0.1) is 5.13 Å². The summed E-state index contributed by atoms with van der Waals surface area (Å²) in [6.07, 6.45) is 0.623. The first-order chi connectivity index (χ1) is 4.24. The van der Waals surface area contributed by atoms with Gasteiger partial charge in [0.25, 0.3) is 0 Å². The predicted molar refractivity (Wildman–Crippen MR) is 37.4 cm³/mol. The highest BCUT2D eigenvalue weighted by Crippen LogP contribution is 2.23. The zero-order valence-corrected chi connectivity index (χ0v) is 6.63. The Labute approximate surface area is 63.6 Å². The fraction of sp³-hybridized carbons (Fsp3) is 0. The molecule has 1 rings (SSSR count). The van der Waals surface area contributed by atoms with Crippen LogP contribution < -0.4 is 0 Å². The maximum absolute atomic E-state index is 12.2. The molecule has 9 heavy (non-hydrogen) atoms. The minimum Gasteiger partial charge on any atom is -0.297 e. The second-order valence-corrected chi connectivity index (χ2v) is 3.27. The van der Waals surface area contributed by atoms with Crippen LogP contribution in [-0.4, -0.2) is 6.29 Å². The van der Waals surface area contributed by atoms with Gasteiger partial charge in [-0.2, -0.15) is 4.39 Å². The summed E-state index contributed by atoms with van der Waals surface area (Å²) in [5.74, 6) is 0. The van der Waals surface area contributed by atoms with Gasteiger partial charge in [-0.3, -0.25) is 4.79 Å². The smallest absolute Gasteiger partial charge is 0.178 e. The molecular weight excluding hydrogens is 207 g/mol. The second kappa shape index (κ2) is 2.58. The monoisotopic (exact) mass is 208 g/mol. The van der Waals surface area contributed by atoms with Crippen molar-refractivity contribution in [2.45, 2.75) is 0 Å². The number of hydrogen-bond donors (Lipinski definition) is 0. The van der Waals surface area contributed by atoms with Crippen molar-refractivity contribution in [2.75, 3.05) is 0 Å². The van der Waals surface area contributed by atoms with E-state index in [9.17, 15) is 9.18 Å². The third-order valence-corrected chi connectivity index (χ3v) is 2.56. The third-order valence-electron chi connectivity index (χ3n) is 0.790. The van der Waals surface area contributed by atoms with E-state index in [2.05, 4.69) is 15.9 Å². The van der Waals surface area contributed by atoms with Crippen LogP contribution in [0.25, 0.3) is 0 Å². The van der Waals surface area contributed by atoms with Gasteiger partial charge in [-0.05, 0) is 15.9 Å². The van der Waals surface area contributed by atoms with Crippen LogP contribution in [0.1, 0.15) is 9.67 Å². The molecule has 1 nitrogen and oxygen atoms in total. The summed E-state index contributed by atoms with van der Waals surface area (Å²) in [7, 11) is 0. The molecule has 0 bridgehead atoms. The van der Waals surface area contributed by atoms with Gasteiger partial charge < -0.3 is 0 Å². The van der Waals surface area contributed by atoms with Gasteiger partial charge in [0.15, 0.2) is 11.4 Å². The number of aldehydes is 1. The Morgan fingerprint density at radius 1 is 1.78 bits per heavy atom. The highest BCUT2D eigenvalue weighted by molar-refractivity contribution is 9.10. The summed E-state index contributed by atoms with van der Waals surface area (Å²) in [6.45, 7) is 0. The summed E-state index contributed by atoms with van der Waals surface area (Å²) in [5, 5.41) is -0.344. The molecule has 0 atom stereocenters. The first-order valence-corrected chi connectivity index (χ1v) is 3.75. The van der Waals surface area contributed by atoms with Gasteiger partial charge in [0.05, 0.1) is 4.88 Å². The van der Waals surface area contributed by atoms with Gasteiger partial charge in [-0.25, -0.2) is 0 Å². The molecule has 0 saturated heterocycles.